The zero-order valence-electron chi connectivity index (χ0n) is 16.4. The van der Waals surface area contributed by atoms with Crippen LogP contribution in [0.3, 0.4) is 0 Å². The molecule has 0 amide bonds. The number of ether oxygens (including phenoxy) is 1. The Hall–Kier alpha value is -3.88. The van der Waals surface area contributed by atoms with Crippen molar-refractivity contribution in [3.63, 3.8) is 0 Å². The van der Waals surface area contributed by atoms with Crippen LogP contribution in [0.25, 0.3) is 22.5 Å². The van der Waals surface area contributed by atoms with Gasteiger partial charge in [-0.1, -0.05) is 13.0 Å². The molecule has 0 unspecified atom stereocenters. The molecule has 4 aromatic rings. The van der Waals surface area contributed by atoms with Gasteiger partial charge in [-0.3, -0.25) is 4.79 Å². The molecule has 32 heavy (non-hydrogen) atoms. The standard InChI is InChI=1S/C23H13F4NO4/c1-2-10-3-4-12(31-22-14(24)7-11(9-28-22)23(25,26)27)8-13(10)17-20(29)18-15-5-6-16(32-15)19(18)21(17)30/h3-9,29H,2H2,1H3. The number of hydrogen-bond donors (Lipinski definition) is 1. The summed E-state index contributed by atoms with van der Waals surface area (Å²) in [6, 6.07) is 8.13. The fourth-order valence-electron chi connectivity index (χ4n) is 3.85. The molecule has 9 heteroatoms. The first-order valence-corrected chi connectivity index (χ1v) is 9.56. The Balaban J connectivity index is 1.55. The molecular weight excluding hydrogens is 430 g/mol. The van der Waals surface area contributed by atoms with Gasteiger partial charge in [0.2, 0.25) is 5.78 Å². The molecule has 0 fully saturated rings. The third-order valence-corrected chi connectivity index (χ3v) is 5.36. The van der Waals surface area contributed by atoms with Gasteiger partial charge in [-0.05, 0) is 47.9 Å². The number of hydrogen-bond acceptors (Lipinski definition) is 5. The van der Waals surface area contributed by atoms with Gasteiger partial charge in [0.1, 0.15) is 22.7 Å². The van der Waals surface area contributed by atoms with Crippen molar-refractivity contribution in [1.82, 2.24) is 4.98 Å². The first-order chi connectivity index (χ1) is 15.2. The van der Waals surface area contributed by atoms with Gasteiger partial charge >= 0.3 is 6.18 Å². The molecule has 0 spiro atoms. The fourth-order valence-corrected chi connectivity index (χ4v) is 3.85. The lowest BCUT2D eigenvalue weighted by Gasteiger charge is -2.13. The van der Waals surface area contributed by atoms with Crippen molar-refractivity contribution < 1.29 is 36.6 Å². The van der Waals surface area contributed by atoms with Crippen LogP contribution in [0.4, 0.5) is 17.6 Å². The third-order valence-electron chi connectivity index (χ3n) is 5.36. The van der Waals surface area contributed by atoms with Crippen LogP contribution in [-0.2, 0) is 12.6 Å². The number of allylic oxidation sites excluding steroid dienone is 1. The predicted molar refractivity (Wildman–Crippen MR) is 106 cm³/mol. The number of carbonyl (C=O) groups is 1. The van der Waals surface area contributed by atoms with E-state index >= 15 is 0 Å². The van der Waals surface area contributed by atoms with E-state index in [9.17, 15) is 27.5 Å². The number of furan rings is 2. The van der Waals surface area contributed by atoms with Crippen LogP contribution in [0.1, 0.15) is 39.5 Å². The summed E-state index contributed by atoms with van der Waals surface area (Å²) in [5.74, 6) is -2.54. The lowest BCUT2D eigenvalue weighted by molar-refractivity contribution is -0.138. The normalized spacial score (nSPS) is 14.0. The molecule has 1 aromatic carbocycles. The maximum atomic E-state index is 14.2. The van der Waals surface area contributed by atoms with E-state index in [1.54, 1.807) is 18.2 Å². The Morgan fingerprint density at radius 3 is 2.44 bits per heavy atom. The van der Waals surface area contributed by atoms with E-state index in [4.69, 9.17) is 9.15 Å². The number of aliphatic hydroxyl groups is 1. The van der Waals surface area contributed by atoms with Gasteiger partial charge in [0.25, 0.3) is 5.88 Å². The van der Waals surface area contributed by atoms with Crippen molar-refractivity contribution in [3.8, 4) is 11.6 Å². The molecule has 5 nitrogen and oxygen atoms in total. The van der Waals surface area contributed by atoms with E-state index < -0.39 is 29.2 Å². The van der Waals surface area contributed by atoms with Gasteiger partial charge < -0.3 is 14.3 Å². The second-order valence-electron chi connectivity index (χ2n) is 7.25. The average Bonchev–Trinajstić information content (AvgIpc) is 3.42. The van der Waals surface area contributed by atoms with Gasteiger partial charge in [-0.25, -0.2) is 9.37 Å². The number of fused-ring (bicyclic) bond motifs is 5. The molecule has 3 heterocycles. The highest BCUT2D eigenvalue weighted by atomic mass is 19.4. The van der Waals surface area contributed by atoms with Crippen LogP contribution in [0.15, 0.2) is 47.0 Å². The summed E-state index contributed by atoms with van der Waals surface area (Å²) in [5, 5.41) is 10.8. The van der Waals surface area contributed by atoms with Gasteiger partial charge in [0.15, 0.2) is 5.82 Å². The van der Waals surface area contributed by atoms with E-state index in [0.29, 0.717) is 46.5 Å². The molecule has 1 aliphatic rings. The van der Waals surface area contributed by atoms with Crippen molar-refractivity contribution in [2.45, 2.75) is 19.5 Å². The van der Waals surface area contributed by atoms with Gasteiger partial charge in [-0.15, -0.1) is 0 Å². The van der Waals surface area contributed by atoms with E-state index in [1.807, 2.05) is 6.92 Å². The molecule has 0 radical (unpaired) electrons. The Labute approximate surface area is 177 Å². The quantitative estimate of drug-likeness (QED) is 0.370. The molecule has 3 aromatic heterocycles. The Kier molecular flexibility index (Phi) is 4.27. The fraction of sp³-hybridized carbons (Fsp3) is 0.130. The molecule has 162 valence electrons. The molecule has 2 bridgehead atoms. The highest BCUT2D eigenvalue weighted by Gasteiger charge is 2.38. The summed E-state index contributed by atoms with van der Waals surface area (Å²) in [6.07, 6.45) is -3.75. The number of pyridine rings is 1. The van der Waals surface area contributed by atoms with Gasteiger partial charge in [-0.2, -0.15) is 13.2 Å². The number of carbonyl (C=O) groups excluding carboxylic acids is 1. The summed E-state index contributed by atoms with van der Waals surface area (Å²) in [5.41, 5.74) is 1.25. The van der Waals surface area contributed by atoms with Crippen LogP contribution in [0.2, 0.25) is 0 Å². The first kappa shape index (κ1) is 20.0. The van der Waals surface area contributed by atoms with Crippen LogP contribution in [-0.4, -0.2) is 15.9 Å². The van der Waals surface area contributed by atoms with Gasteiger partial charge in [0.05, 0.1) is 22.3 Å². The van der Waals surface area contributed by atoms with Crippen molar-refractivity contribution in [2.24, 2.45) is 0 Å². The van der Waals surface area contributed by atoms with E-state index in [2.05, 4.69) is 4.98 Å². The number of rotatable bonds is 4. The number of nitrogens with zero attached hydrogens (tertiary/aromatic N) is 1. The number of alkyl halides is 3. The lowest BCUT2D eigenvalue weighted by atomic mass is 9.95. The maximum absolute atomic E-state index is 14.2. The van der Waals surface area contributed by atoms with E-state index in [0.717, 1.165) is 0 Å². The number of benzene rings is 2. The number of aromatic nitrogens is 1. The summed E-state index contributed by atoms with van der Waals surface area (Å²) in [4.78, 5) is 16.5. The molecule has 0 aliphatic heterocycles. The van der Waals surface area contributed by atoms with Crippen molar-refractivity contribution >= 4 is 28.3 Å². The molecule has 0 saturated heterocycles. The minimum Gasteiger partial charge on any atom is -0.506 e. The Morgan fingerprint density at radius 2 is 1.81 bits per heavy atom. The summed E-state index contributed by atoms with van der Waals surface area (Å²) >= 11 is 0. The predicted octanol–water partition coefficient (Wildman–Crippen LogP) is 6.40. The van der Waals surface area contributed by atoms with Crippen LogP contribution in [0, 0.1) is 5.82 Å². The van der Waals surface area contributed by atoms with Crippen molar-refractivity contribution in [2.75, 3.05) is 0 Å². The van der Waals surface area contributed by atoms with E-state index in [-0.39, 0.29) is 22.6 Å². The van der Waals surface area contributed by atoms with Crippen LogP contribution >= 0.6 is 0 Å². The number of ketones is 1. The average molecular weight is 443 g/mol. The summed E-state index contributed by atoms with van der Waals surface area (Å²) < 4.78 is 63.2. The largest absolute Gasteiger partial charge is 0.506 e. The number of aliphatic hydroxyl groups excluding tert-OH is 1. The minimum absolute atomic E-state index is 0.0428. The third kappa shape index (κ3) is 2.92. The topological polar surface area (TPSA) is 72.6 Å². The van der Waals surface area contributed by atoms with Crippen molar-refractivity contribution in [3.05, 3.63) is 76.2 Å². The Bertz CT molecular complexity index is 1420. The van der Waals surface area contributed by atoms with Gasteiger partial charge in [0, 0.05) is 6.20 Å². The molecule has 1 aliphatic carbocycles. The number of Topliss-reactive ketones (excluding diaryl/α,β-unsaturated/α-hetero) is 1. The monoisotopic (exact) mass is 443 g/mol. The lowest BCUT2D eigenvalue weighted by Crippen LogP contribution is -2.07. The summed E-state index contributed by atoms with van der Waals surface area (Å²) in [6.45, 7) is 1.85. The Morgan fingerprint density at radius 1 is 1.09 bits per heavy atom. The number of aryl methyl sites for hydroxylation is 1. The molecule has 1 N–H and O–H groups in total. The molecular formula is C23H13F4NO4. The van der Waals surface area contributed by atoms with Crippen molar-refractivity contribution in [1.29, 1.82) is 0 Å². The number of halogens is 4. The van der Waals surface area contributed by atoms with Crippen LogP contribution in [0.5, 0.6) is 11.6 Å². The minimum atomic E-state index is -4.74. The highest BCUT2D eigenvalue weighted by Crippen LogP contribution is 2.45. The van der Waals surface area contributed by atoms with E-state index in [1.165, 1.54) is 12.1 Å². The zero-order valence-corrected chi connectivity index (χ0v) is 16.4. The SMILES string of the molecule is CCc1ccc(Oc2ncc(C(F)(F)F)cc2F)cc1C1=C(O)c2c(c3ccc2o3)C1=O. The zero-order chi connectivity index (χ0) is 22.8. The first-order valence-electron chi connectivity index (χ1n) is 9.56. The summed E-state index contributed by atoms with van der Waals surface area (Å²) in [7, 11) is 0. The second kappa shape index (κ2) is 6.81. The molecule has 0 saturated carbocycles. The second-order valence-corrected chi connectivity index (χ2v) is 7.25. The smallest absolute Gasteiger partial charge is 0.417 e. The maximum Gasteiger partial charge on any atom is 0.417 e. The highest BCUT2D eigenvalue weighted by molar-refractivity contribution is 6.42. The molecule has 5 rings (SSSR count). The van der Waals surface area contributed by atoms with Crippen LogP contribution < -0.4 is 4.74 Å². The molecule has 0 atom stereocenters.